The summed E-state index contributed by atoms with van der Waals surface area (Å²) in [6.45, 7) is 2.77. The highest BCUT2D eigenvalue weighted by atomic mass is 31.2. The minimum atomic E-state index is -5.60. The number of allylic oxidation sites excluding steroid dienone is 8. The molecule has 0 spiro atoms. The highest BCUT2D eigenvalue weighted by Crippen LogP contribution is 2.51. The number of carbonyl (C=O) groups is 2. The van der Waals surface area contributed by atoms with Gasteiger partial charge in [0.15, 0.2) is 6.10 Å². The topological polar surface area (TPSA) is 303 Å². The summed E-state index contributed by atoms with van der Waals surface area (Å²) in [5.74, 6) is -1.37. The van der Waals surface area contributed by atoms with Crippen LogP contribution in [0.15, 0.2) is 48.6 Å². The fourth-order valence-electron chi connectivity index (χ4n) is 5.99. The van der Waals surface area contributed by atoms with Crippen LogP contribution < -0.4 is 0 Å². The lowest BCUT2D eigenvalue weighted by Gasteiger charge is -2.44. The fourth-order valence-corrected chi connectivity index (χ4v) is 8.08. The van der Waals surface area contributed by atoms with E-state index in [-0.39, 0.29) is 12.8 Å². The molecule has 8 N–H and O–H groups in total. The maximum atomic E-state index is 13.0. The predicted octanol–water partition coefficient (Wildman–Crippen LogP) is 6.28. The number of unbranched alkanes of at least 4 members (excludes halogenated alkanes) is 10. The Bertz CT molecular complexity index is 1490. The summed E-state index contributed by atoms with van der Waals surface area (Å²) in [6.07, 6.45) is 14.9. The first kappa shape index (κ1) is 57.1. The van der Waals surface area contributed by atoms with E-state index in [0.29, 0.717) is 25.7 Å². The molecule has 0 aromatic heterocycles. The molecule has 354 valence electrons. The van der Waals surface area contributed by atoms with Gasteiger partial charge in [0.05, 0.1) is 6.61 Å². The Morgan fingerprint density at radius 2 is 0.967 bits per heavy atom. The molecular formula is C39H69O19P3. The number of hydrogen-bond donors (Lipinski definition) is 8. The monoisotopic (exact) mass is 934 g/mol. The van der Waals surface area contributed by atoms with Gasteiger partial charge < -0.3 is 49.3 Å². The van der Waals surface area contributed by atoms with E-state index < -0.39 is 91.3 Å². The van der Waals surface area contributed by atoms with Gasteiger partial charge in [0.2, 0.25) is 0 Å². The van der Waals surface area contributed by atoms with Gasteiger partial charge >= 0.3 is 35.4 Å². The van der Waals surface area contributed by atoms with Gasteiger partial charge in [0, 0.05) is 12.8 Å². The highest BCUT2D eigenvalue weighted by molar-refractivity contribution is 7.47. The average Bonchev–Trinajstić information content (AvgIpc) is 3.18. The quantitative estimate of drug-likeness (QED) is 0.0152. The van der Waals surface area contributed by atoms with Crippen LogP contribution in [0.3, 0.4) is 0 Å². The molecule has 0 aromatic rings. The zero-order valence-corrected chi connectivity index (χ0v) is 37.9. The van der Waals surface area contributed by atoms with Crippen molar-refractivity contribution in [3.8, 4) is 0 Å². The second kappa shape index (κ2) is 31.9. The van der Waals surface area contributed by atoms with Gasteiger partial charge in [-0.3, -0.25) is 27.7 Å². The second-order valence-corrected chi connectivity index (χ2v) is 18.4. The molecule has 1 saturated carbocycles. The van der Waals surface area contributed by atoms with E-state index in [0.717, 1.165) is 57.8 Å². The Kier molecular flexibility index (Phi) is 29.9. The van der Waals surface area contributed by atoms with Crippen LogP contribution in [0.5, 0.6) is 0 Å². The molecular weight excluding hydrogens is 865 g/mol. The minimum absolute atomic E-state index is 0.0658. The van der Waals surface area contributed by atoms with Gasteiger partial charge in [-0.05, 0) is 51.4 Å². The van der Waals surface area contributed by atoms with Crippen molar-refractivity contribution in [1.29, 1.82) is 0 Å². The Labute approximate surface area is 359 Å². The summed E-state index contributed by atoms with van der Waals surface area (Å²) < 4.78 is 65.0. The van der Waals surface area contributed by atoms with Crippen molar-refractivity contribution in [2.75, 3.05) is 13.2 Å². The number of carbonyl (C=O) groups excluding carboxylic acids is 2. The SMILES string of the molecule is CCCCC/C=C/C/C=C\C/C=C/C/C=C/CCCC(=O)O[C@H](COC(=O)CCCCCCCCC)COP(=O)(O)O[C@@H]1[C@H](O)[C@H](O)[C@@H](OP(=O)(O)O)[C@H](OP(=O)(O)O)[C@H]1O. The second-order valence-electron chi connectivity index (χ2n) is 14.6. The molecule has 0 heterocycles. The van der Waals surface area contributed by atoms with Crippen molar-refractivity contribution >= 4 is 35.4 Å². The molecule has 0 amide bonds. The van der Waals surface area contributed by atoms with Crippen molar-refractivity contribution in [2.24, 2.45) is 0 Å². The van der Waals surface area contributed by atoms with Crippen LogP contribution in [-0.2, 0) is 50.9 Å². The summed E-state index contributed by atoms with van der Waals surface area (Å²) >= 11 is 0. The summed E-state index contributed by atoms with van der Waals surface area (Å²) in [4.78, 5) is 72.7. The first-order valence-corrected chi connectivity index (χ1v) is 25.5. The number of aliphatic hydroxyl groups excluding tert-OH is 3. The molecule has 1 aliphatic carbocycles. The van der Waals surface area contributed by atoms with Gasteiger partial charge in [0.1, 0.15) is 43.2 Å². The van der Waals surface area contributed by atoms with E-state index in [4.69, 9.17) is 18.5 Å². The Morgan fingerprint density at radius 1 is 0.525 bits per heavy atom. The number of rotatable bonds is 34. The minimum Gasteiger partial charge on any atom is -0.462 e. The summed E-state index contributed by atoms with van der Waals surface area (Å²) in [5, 5.41) is 31.7. The molecule has 1 aliphatic rings. The van der Waals surface area contributed by atoms with Gasteiger partial charge in [-0.15, -0.1) is 0 Å². The third-order valence-corrected chi connectivity index (χ3v) is 11.2. The molecule has 1 fully saturated rings. The molecule has 61 heavy (non-hydrogen) atoms. The molecule has 0 radical (unpaired) electrons. The highest BCUT2D eigenvalue weighted by Gasteiger charge is 2.56. The Morgan fingerprint density at radius 3 is 1.51 bits per heavy atom. The summed E-state index contributed by atoms with van der Waals surface area (Å²) in [6, 6.07) is 0. The van der Waals surface area contributed by atoms with E-state index in [1.165, 1.54) is 19.3 Å². The van der Waals surface area contributed by atoms with Crippen LogP contribution in [0.25, 0.3) is 0 Å². The largest absolute Gasteiger partial charge is 0.472 e. The predicted molar refractivity (Wildman–Crippen MR) is 224 cm³/mol. The van der Waals surface area contributed by atoms with Gasteiger partial charge in [-0.2, -0.15) is 0 Å². The number of phosphoric ester groups is 3. The van der Waals surface area contributed by atoms with E-state index in [9.17, 15) is 63.1 Å². The van der Waals surface area contributed by atoms with E-state index in [1.807, 2.05) is 18.2 Å². The van der Waals surface area contributed by atoms with Gasteiger partial charge in [0.25, 0.3) is 0 Å². The normalized spacial score (nSPS) is 23.0. The zero-order chi connectivity index (χ0) is 45.7. The standard InChI is InChI=1S/C39H69O19P3/c1-3-5-7-9-11-12-13-14-15-16-17-18-19-20-22-24-26-28-33(41)55-31(29-53-32(40)27-25-23-21-10-8-6-4-2)30-54-61(51,52)58-37-34(42)35(43)38(56-59(45,46)47)39(36(37)44)57-60(48,49)50/h11-12,14-15,17-18,20,22,31,34-39,42-44H,3-10,13,16,19,21,23-30H2,1-2H3,(H,51,52)(H2,45,46,47)(H2,48,49,50)/b12-11+,15-14-,18-17+,22-20+/t31-,34-,35+,36+,37-,38-,39-/m1/s1. The lowest BCUT2D eigenvalue weighted by molar-refractivity contribution is -0.213. The van der Waals surface area contributed by atoms with Gasteiger partial charge in [-0.1, -0.05) is 114 Å². The van der Waals surface area contributed by atoms with Crippen molar-refractivity contribution in [3.05, 3.63) is 48.6 Å². The smallest absolute Gasteiger partial charge is 0.462 e. The maximum absolute atomic E-state index is 13.0. The molecule has 1 rings (SSSR count). The fraction of sp³-hybridized carbons (Fsp3) is 0.744. The maximum Gasteiger partial charge on any atom is 0.472 e. The molecule has 1 unspecified atom stereocenters. The van der Waals surface area contributed by atoms with E-state index >= 15 is 0 Å². The van der Waals surface area contributed by atoms with E-state index in [2.05, 4.69) is 53.3 Å². The summed E-state index contributed by atoms with van der Waals surface area (Å²) in [5.41, 5.74) is 0. The van der Waals surface area contributed by atoms with Crippen LogP contribution in [-0.4, -0.2) is 108 Å². The van der Waals surface area contributed by atoms with Gasteiger partial charge in [-0.25, -0.2) is 13.7 Å². The lowest BCUT2D eigenvalue weighted by Crippen LogP contribution is -2.65. The van der Waals surface area contributed by atoms with Crippen molar-refractivity contribution in [2.45, 2.75) is 172 Å². The van der Waals surface area contributed by atoms with Crippen molar-refractivity contribution < 1.29 is 90.6 Å². The van der Waals surface area contributed by atoms with Crippen LogP contribution >= 0.6 is 23.5 Å². The van der Waals surface area contributed by atoms with E-state index in [1.54, 1.807) is 0 Å². The first-order chi connectivity index (χ1) is 28.8. The average molecular weight is 935 g/mol. The van der Waals surface area contributed by atoms with Crippen molar-refractivity contribution in [3.63, 3.8) is 0 Å². The van der Waals surface area contributed by atoms with Crippen LogP contribution in [0, 0.1) is 0 Å². The molecule has 8 atom stereocenters. The lowest BCUT2D eigenvalue weighted by atomic mass is 9.85. The number of phosphoric acid groups is 3. The van der Waals surface area contributed by atoms with Crippen molar-refractivity contribution in [1.82, 2.24) is 0 Å². The van der Waals surface area contributed by atoms with Crippen LogP contribution in [0.4, 0.5) is 0 Å². The zero-order valence-electron chi connectivity index (χ0n) is 35.2. The molecule has 19 nitrogen and oxygen atoms in total. The molecule has 0 aliphatic heterocycles. The van der Waals surface area contributed by atoms with Crippen LogP contribution in [0.1, 0.15) is 129 Å². The number of ether oxygens (including phenoxy) is 2. The number of aliphatic hydroxyl groups is 3. The Hall–Kier alpha value is -1.89. The van der Waals surface area contributed by atoms with Crippen LogP contribution in [0.2, 0.25) is 0 Å². The molecule has 22 heteroatoms. The molecule has 0 saturated heterocycles. The molecule has 0 bridgehead atoms. The number of hydrogen-bond acceptors (Lipinski definition) is 14. The third-order valence-electron chi connectivity index (χ3n) is 9.14. The first-order valence-electron chi connectivity index (χ1n) is 20.9. The third kappa shape index (κ3) is 28.5. The number of esters is 2. The summed E-state index contributed by atoms with van der Waals surface area (Å²) in [7, 11) is -16.6. The Balaban J connectivity index is 2.82. The molecule has 0 aromatic carbocycles.